The molecule has 0 amide bonds. The van der Waals surface area contributed by atoms with E-state index in [1.54, 1.807) is 43.5 Å². The van der Waals surface area contributed by atoms with E-state index >= 15 is 0 Å². The first kappa shape index (κ1) is 16.0. The average Bonchev–Trinajstić information content (AvgIpc) is 2.53. The molecular weight excluding hydrogens is 285 g/mol. The van der Waals surface area contributed by atoms with Crippen LogP contribution >= 0.6 is 0 Å². The number of rotatable bonds is 6. The molecule has 0 bridgehead atoms. The second-order valence-corrected chi connectivity index (χ2v) is 4.96. The van der Waals surface area contributed by atoms with Gasteiger partial charge in [-0.1, -0.05) is 12.1 Å². The van der Waals surface area contributed by atoms with Crippen LogP contribution < -0.4 is 10.1 Å². The van der Waals surface area contributed by atoms with Crippen molar-refractivity contribution < 1.29 is 19.0 Å². The number of anilines is 1. The molecule has 5 heteroatoms. The van der Waals surface area contributed by atoms with Crippen LogP contribution in [0.2, 0.25) is 0 Å². The normalized spacial score (nSPS) is 13.3. The summed E-state index contributed by atoms with van der Waals surface area (Å²) in [6, 6.07) is 12.1. The Hall–Kier alpha value is -2.40. The van der Waals surface area contributed by atoms with E-state index in [0.29, 0.717) is 11.3 Å². The van der Waals surface area contributed by atoms with Crippen molar-refractivity contribution >= 4 is 11.5 Å². The molecule has 0 aliphatic rings. The van der Waals surface area contributed by atoms with Crippen molar-refractivity contribution in [2.45, 2.75) is 19.1 Å². The van der Waals surface area contributed by atoms with E-state index in [1.807, 2.05) is 0 Å². The second kappa shape index (κ2) is 7.04. The standard InChI is InChI=1S/C17H18FNO3/c1-11(20)17(21)16(12-3-5-13(18)6-4-12)19-14-7-9-15(22-2)10-8-14/h3-10,16-17,19,21H,1-2H3/t16-,17+/m1/s1. The molecular formula is C17H18FNO3. The third-order valence-corrected chi connectivity index (χ3v) is 3.37. The van der Waals surface area contributed by atoms with E-state index in [9.17, 15) is 14.3 Å². The summed E-state index contributed by atoms with van der Waals surface area (Å²) in [5.74, 6) is -0.0319. The molecule has 22 heavy (non-hydrogen) atoms. The number of Topliss-reactive ketones (excluding diaryl/α,β-unsaturated/α-hetero) is 1. The van der Waals surface area contributed by atoms with Gasteiger partial charge in [0.25, 0.3) is 0 Å². The Morgan fingerprint density at radius 1 is 1.14 bits per heavy atom. The van der Waals surface area contributed by atoms with Gasteiger partial charge in [-0.3, -0.25) is 4.79 Å². The highest BCUT2D eigenvalue weighted by atomic mass is 19.1. The van der Waals surface area contributed by atoms with Crippen molar-refractivity contribution in [3.05, 3.63) is 59.9 Å². The number of hydrogen-bond donors (Lipinski definition) is 2. The van der Waals surface area contributed by atoms with Gasteiger partial charge in [0.15, 0.2) is 5.78 Å². The lowest BCUT2D eigenvalue weighted by atomic mass is 9.98. The summed E-state index contributed by atoms with van der Waals surface area (Å²) in [4.78, 5) is 11.5. The first-order valence-electron chi connectivity index (χ1n) is 6.86. The Kier molecular flexibility index (Phi) is 5.12. The van der Waals surface area contributed by atoms with Crippen LogP contribution in [0, 0.1) is 5.82 Å². The topological polar surface area (TPSA) is 58.6 Å². The molecule has 0 fully saturated rings. The van der Waals surface area contributed by atoms with Crippen LogP contribution in [0.15, 0.2) is 48.5 Å². The Morgan fingerprint density at radius 3 is 2.23 bits per heavy atom. The summed E-state index contributed by atoms with van der Waals surface area (Å²) in [5.41, 5.74) is 1.34. The van der Waals surface area contributed by atoms with E-state index in [2.05, 4.69) is 5.32 Å². The predicted octanol–water partition coefficient (Wildman–Crippen LogP) is 2.94. The van der Waals surface area contributed by atoms with Crippen LogP contribution in [0.4, 0.5) is 10.1 Å². The van der Waals surface area contributed by atoms with Gasteiger partial charge in [0.2, 0.25) is 0 Å². The first-order chi connectivity index (χ1) is 10.5. The maximum absolute atomic E-state index is 13.1. The lowest BCUT2D eigenvalue weighted by Crippen LogP contribution is -2.31. The fourth-order valence-electron chi connectivity index (χ4n) is 2.12. The molecule has 0 unspecified atom stereocenters. The summed E-state index contributed by atoms with van der Waals surface area (Å²) in [6.07, 6.45) is -1.23. The zero-order chi connectivity index (χ0) is 16.1. The van der Waals surface area contributed by atoms with Gasteiger partial charge in [-0.2, -0.15) is 0 Å². The number of aliphatic hydroxyl groups is 1. The van der Waals surface area contributed by atoms with Crippen molar-refractivity contribution in [2.75, 3.05) is 12.4 Å². The van der Waals surface area contributed by atoms with Crippen LogP contribution in [0.1, 0.15) is 18.5 Å². The number of hydrogen-bond acceptors (Lipinski definition) is 4. The highest BCUT2D eigenvalue weighted by Gasteiger charge is 2.24. The van der Waals surface area contributed by atoms with Crippen molar-refractivity contribution in [1.82, 2.24) is 0 Å². The van der Waals surface area contributed by atoms with E-state index in [0.717, 1.165) is 5.69 Å². The maximum atomic E-state index is 13.1. The van der Waals surface area contributed by atoms with Gasteiger partial charge in [0.1, 0.15) is 17.7 Å². The molecule has 2 aromatic carbocycles. The van der Waals surface area contributed by atoms with Crippen molar-refractivity contribution in [3.8, 4) is 5.75 Å². The smallest absolute Gasteiger partial charge is 0.160 e. The molecule has 0 aromatic heterocycles. The Morgan fingerprint density at radius 2 is 1.73 bits per heavy atom. The van der Waals surface area contributed by atoms with Gasteiger partial charge in [0.05, 0.1) is 13.2 Å². The summed E-state index contributed by atoms with van der Waals surface area (Å²) in [6.45, 7) is 1.32. The average molecular weight is 303 g/mol. The minimum Gasteiger partial charge on any atom is -0.497 e. The molecule has 4 nitrogen and oxygen atoms in total. The molecule has 0 aliphatic carbocycles. The van der Waals surface area contributed by atoms with Gasteiger partial charge in [0, 0.05) is 5.69 Å². The summed E-state index contributed by atoms with van der Waals surface area (Å²) in [7, 11) is 1.57. The molecule has 0 spiro atoms. The molecule has 0 saturated carbocycles. The lowest BCUT2D eigenvalue weighted by molar-refractivity contribution is -0.125. The number of ketones is 1. The van der Waals surface area contributed by atoms with Crippen LogP contribution in [-0.2, 0) is 4.79 Å². The Labute approximate surface area is 128 Å². The molecule has 2 N–H and O–H groups in total. The highest BCUT2D eigenvalue weighted by Crippen LogP contribution is 2.25. The number of halogens is 1. The van der Waals surface area contributed by atoms with Gasteiger partial charge in [-0.05, 0) is 48.9 Å². The second-order valence-electron chi connectivity index (χ2n) is 4.96. The van der Waals surface area contributed by atoms with Gasteiger partial charge in [-0.15, -0.1) is 0 Å². The van der Waals surface area contributed by atoms with Crippen LogP contribution in [0.25, 0.3) is 0 Å². The van der Waals surface area contributed by atoms with Crippen molar-refractivity contribution in [2.24, 2.45) is 0 Å². The maximum Gasteiger partial charge on any atom is 0.160 e. The number of nitrogens with one attached hydrogen (secondary N) is 1. The van der Waals surface area contributed by atoms with Crippen LogP contribution in [-0.4, -0.2) is 24.1 Å². The summed E-state index contributed by atoms with van der Waals surface area (Å²) >= 11 is 0. The first-order valence-corrected chi connectivity index (χ1v) is 6.86. The quantitative estimate of drug-likeness (QED) is 0.861. The van der Waals surface area contributed by atoms with Crippen LogP contribution in [0.3, 0.4) is 0 Å². The molecule has 0 radical (unpaired) electrons. The number of aliphatic hydroxyl groups excluding tert-OH is 1. The Bertz CT molecular complexity index is 625. The van der Waals surface area contributed by atoms with E-state index in [-0.39, 0.29) is 11.6 Å². The fraction of sp³-hybridized carbons (Fsp3) is 0.235. The predicted molar refractivity (Wildman–Crippen MR) is 82.4 cm³/mol. The fourth-order valence-corrected chi connectivity index (χ4v) is 2.12. The van der Waals surface area contributed by atoms with E-state index in [4.69, 9.17) is 4.74 Å². The number of benzene rings is 2. The highest BCUT2D eigenvalue weighted by molar-refractivity contribution is 5.81. The van der Waals surface area contributed by atoms with Gasteiger partial charge < -0.3 is 15.2 Å². The van der Waals surface area contributed by atoms with Crippen molar-refractivity contribution in [3.63, 3.8) is 0 Å². The third kappa shape index (κ3) is 3.83. The molecule has 116 valence electrons. The zero-order valence-electron chi connectivity index (χ0n) is 12.4. The SMILES string of the molecule is COc1ccc(N[C@H](c2ccc(F)cc2)[C@@H](O)C(C)=O)cc1. The zero-order valence-corrected chi connectivity index (χ0v) is 12.4. The minimum absolute atomic E-state index is 0.365. The third-order valence-electron chi connectivity index (χ3n) is 3.37. The largest absolute Gasteiger partial charge is 0.497 e. The molecule has 0 aliphatic heterocycles. The summed E-state index contributed by atoms with van der Waals surface area (Å²) < 4.78 is 18.1. The number of methoxy groups -OCH3 is 1. The van der Waals surface area contributed by atoms with Crippen LogP contribution in [0.5, 0.6) is 5.75 Å². The minimum atomic E-state index is -1.23. The van der Waals surface area contributed by atoms with Crippen molar-refractivity contribution in [1.29, 1.82) is 0 Å². The number of carbonyl (C=O) groups is 1. The van der Waals surface area contributed by atoms with E-state index in [1.165, 1.54) is 19.1 Å². The van der Waals surface area contributed by atoms with Gasteiger partial charge >= 0.3 is 0 Å². The molecule has 0 saturated heterocycles. The molecule has 2 atom stereocenters. The molecule has 0 heterocycles. The number of carbonyl (C=O) groups excluding carboxylic acids is 1. The van der Waals surface area contributed by atoms with E-state index < -0.39 is 12.1 Å². The molecule has 2 aromatic rings. The van der Waals surface area contributed by atoms with Gasteiger partial charge in [-0.25, -0.2) is 4.39 Å². The Balaban J connectivity index is 2.27. The lowest BCUT2D eigenvalue weighted by Gasteiger charge is -2.24. The molecule has 2 rings (SSSR count). The monoisotopic (exact) mass is 303 g/mol. The number of ether oxygens (including phenoxy) is 1. The summed E-state index contributed by atoms with van der Waals surface area (Å²) in [5, 5.41) is 13.2.